The summed E-state index contributed by atoms with van der Waals surface area (Å²) in [5.41, 5.74) is 1.96. The largest absolute Gasteiger partial charge is 0.294 e. The third kappa shape index (κ3) is 2.41. The number of carbonyl (C=O) groups excluding carboxylic acids is 1. The summed E-state index contributed by atoms with van der Waals surface area (Å²) in [6.45, 7) is 4.47. The van der Waals surface area contributed by atoms with Gasteiger partial charge in [0.25, 0.3) is 0 Å². The molecular weight excluding hydrogens is 252 g/mol. The van der Waals surface area contributed by atoms with E-state index in [0.717, 1.165) is 11.4 Å². The van der Waals surface area contributed by atoms with Crippen LogP contribution in [0.15, 0.2) is 18.7 Å². The molecule has 18 heavy (non-hydrogen) atoms. The molecule has 0 spiro atoms. The van der Waals surface area contributed by atoms with Gasteiger partial charge >= 0.3 is 0 Å². The second-order valence-electron chi connectivity index (χ2n) is 3.89. The molecular formula is C12H13ClN4O. The molecule has 6 heteroatoms. The number of rotatable bonds is 4. The van der Waals surface area contributed by atoms with Crippen molar-refractivity contribution in [1.82, 2.24) is 19.7 Å². The van der Waals surface area contributed by atoms with E-state index in [9.17, 15) is 4.79 Å². The lowest BCUT2D eigenvalue weighted by Gasteiger charge is -2.04. The van der Waals surface area contributed by atoms with Gasteiger partial charge in [-0.2, -0.15) is 5.10 Å². The van der Waals surface area contributed by atoms with Crippen LogP contribution >= 0.6 is 11.6 Å². The highest BCUT2D eigenvalue weighted by Crippen LogP contribution is 2.21. The molecule has 0 bridgehead atoms. The minimum Gasteiger partial charge on any atom is -0.294 e. The molecule has 5 nitrogen and oxygen atoms in total. The van der Waals surface area contributed by atoms with E-state index in [2.05, 4.69) is 15.1 Å². The Bertz CT molecular complexity index is 565. The number of halogens is 1. The van der Waals surface area contributed by atoms with Crippen molar-refractivity contribution in [2.75, 3.05) is 0 Å². The monoisotopic (exact) mass is 264 g/mol. The van der Waals surface area contributed by atoms with Gasteiger partial charge < -0.3 is 0 Å². The Hall–Kier alpha value is -1.75. The minimum atomic E-state index is -0.0629. The van der Waals surface area contributed by atoms with E-state index in [1.54, 1.807) is 4.68 Å². The van der Waals surface area contributed by atoms with Crippen LogP contribution < -0.4 is 0 Å². The number of hydrogen-bond donors (Lipinski definition) is 0. The van der Waals surface area contributed by atoms with Crippen molar-refractivity contribution in [1.29, 1.82) is 0 Å². The Labute approximate surface area is 110 Å². The molecule has 0 atom stereocenters. The molecule has 0 amide bonds. The molecule has 0 aliphatic rings. The van der Waals surface area contributed by atoms with Crippen molar-refractivity contribution in [3.8, 4) is 0 Å². The zero-order valence-electron chi connectivity index (χ0n) is 10.2. The highest BCUT2D eigenvalue weighted by Gasteiger charge is 2.17. The van der Waals surface area contributed by atoms with Gasteiger partial charge in [0.2, 0.25) is 0 Å². The van der Waals surface area contributed by atoms with E-state index < -0.39 is 0 Å². The maximum atomic E-state index is 12.1. The van der Waals surface area contributed by atoms with E-state index in [-0.39, 0.29) is 12.2 Å². The fraction of sp³-hybridized carbons (Fsp3) is 0.333. The predicted molar refractivity (Wildman–Crippen MR) is 67.7 cm³/mol. The van der Waals surface area contributed by atoms with Crippen LogP contribution in [0, 0.1) is 6.92 Å². The topological polar surface area (TPSA) is 60.7 Å². The first-order valence-electron chi connectivity index (χ1n) is 5.63. The zero-order valence-corrected chi connectivity index (χ0v) is 11.0. The molecule has 0 radical (unpaired) electrons. The van der Waals surface area contributed by atoms with Crippen molar-refractivity contribution in [2.45, 2.75) is 26.8 Å². The molecule has 0 saturated carbocycles. The molecule has 0 unspecified atom stereocenters. The lowest BCUT2D eigenvalue weighted by atomic mass is 10.1. The van der Waals surface area contributed by atoms with Crippen LogP contribution in [0.1, 0.15) is 28.7 Å². The second kappa shape index (κ2) is 5.27. The predicted octanol–water partition coefficient (Wildman–Crippen LogP) is 2.08. The summed E-state index contributed by atoms with van der Waals surface area (Å²) in [6, 6.07) is 0. The maximum Gasteiger partial charge on any atom is 0.171 e. The summed E-state index contributed by atoms with van der Waals surface area (Å²) in [5.74, 6) is -0.0629. The standard InChI is InChI=1S/C12H13ClN4O/c1-3-17-10(12(13)8(2)16-17)4-11(18)9-5-14-7-15-6-9/h5-7H,3-4H2,1-2H3. The van der Waals surface area contributed by atoms with Crippen molar-refractivity contribution in [3.63, 3.8) is 0 Å². The van der Waals surface area contributed by atoms with Gasteiger partial charge in [0.15, 0.2) is 5.78 Å². The first-order valence-corrected chi connectivity index (χ1v) is 6.01. The van der Waals surface area contributed by atoms with Crippen molar-refractivity contribution in [2.24, 2.45) is 0 Å². The van der Waals surface area contributed by atoms with Gasteiger partial charge in [0.05, 0.1) is 28.4 Å². The number of aryl methyl sites for hydroxylation is 2. The summed E-state index contributed by atoms with van der Waals surface area (Å²) in [7, 11) is 0. The zero-order chi connectivity index (χ0) is 13.1. The Kier molecular flexibility index (Phi) is 3.72. The van der Waals surface area contributed by atoms with Gasteiger partial charge in [-0.15, -0.1) is 0 Å². The van der Waals surface area contributed by atoms with Crippen LogP contribution in [0.5, 0.6) is 0 Å². The Balaban J connectivity index is 2.27. The van der Waals surface area contributed by atoms with Crippen LogP contribution in [0.25, 0.3) is 0 Å². The van der Waals surface area contributed by atoms with Crippen LogP contribution in [0.3, 0.4) is 0 Å². The molecule has 94 valence electrons. The number of aromatic nitrogens is 4. The number of hydrogen-bond acceptors (Lipinski definition) is 4. The molecule has 0 aliphatic carbocycles. The van der Waals surface area contributed by atoms with E-state index in [0.29, 0.717) is 17.1 Å². The molecule has 0 N–H and O–H groups in total. The molecule has 2 rings (SSSR count). The minimum absolute atomic E-state index is 0.0629. The summed E-state index contributed by atoms with van der Waals surface area (Å²) >= 11 is 6.16. The average Bonchev–Trinajstić information content (AvgIpc) is 2.67. The summed E-state index contributed by atoms with van der Waals surface area (Å²) < 4.78 is 1.75. The first kappa shape index (κ1) is 12.7. The summed E-state index contributed by atoms with van der Waals surface area (Å²) in [4.78, 5) is 19.7. The number of carbonyl (C=O) groups is 1. The highest BCUT2D eigenvalue weighted by molar-refractivity contribution is 6.32. The lowest BCUT2D eigenvalue weighted by Crippen LogP contribution is -2.10. The quantitative estimate of drug-likeness (QED) is 0.794. The van der Waals surface area contributed by atoms with Crippen molar-refractivity contribution in [3.05, 3.63) is 40.7 Å². The number of Topliss-reactive ketones (excluding diaryl/α,β-unsaturated/α-hetero) is 1. The normalized spacial score (nSPS) is 10.6. The van der Waals surface area contributed by atoms with Gasteiger partial charge in [-0.3, -0.25) is 9.48 Å². The third-order valence-electron chi connectivity index (χ3n) is 2.66. The van der Waals surface area contributed by atoms with Crippen LogP contribution in [0.4, 0.5) is 0 Å². The first-order chi connectivity index (χ1) is 8.63. The third-order valence-corrected chi connectivity index (χ3v) is 3.16. The Morgan fingerprint density at radius 3 is 2.67 bits per heavy atom. The van der Waals surface area contributed by atoms with Gasteiger partial charge in [-0.25, -0.2) is 9.97 Å². The van der Waals surface area contributed by atoms with Gasteiger partial charge in [0.1, 0.15) is 6.33 Å². The Morgan fingerprint density at radius 2 is 2.06 bits per heavy atom. The lowest BCUT2D eigenvalue weighted by molar-refractivity contribution is 0.0990. The molecule has 2 aromatic rings. The SMILES string of the molecule is CCn1nc(C)c(Cl)c1CC(=O)c1cncnc1. The van der Waals surface area contributed by atoms with Crippen molar-refractivity contribution >= 4 is 17.4 Å². The van der Waals surface area contributed by atoms with Crippen LogP contribution in [-0.4, -0.2) is 25.5 Å². The Morgan fingerprint density at radius 1 is 1.39 bits per heavy atom. The molecule has 2 heterocycles. The number of ketones is 1. The highest BCUT2D eigenvalue weighted by atomic mass is 35.5. The number of nitrogens with zero attached hydrogens (tertiary/aromatic N) is 4. The smallest absolute Gasteiger partial charge is 0.171 e. The van der Waals surface area contributed by atoms with E-state index in [4.69, 9.17) is 11.6 Å². The molecule has 2 aromatic heterocycles. The van der Waals surface area contributed by atoms with E-state index in [1.807, 2.05) is 13.8 Å². The fourth-order valence-electron chi connectivity index (χ4n) is 1.74. The van der Waals surface area contributed by atoms with Crippen LogP contribution in [-0.2, 0) is 13.0 Å². The van der Waals surface area contributed by atoms with E-state index in [1.165, 1.54) is 18.7 Å². The molecule has 0 aliphatic heterocycles. The molecule has 0 aromatic carbocycles. The molecule has 0 saturated heterocycles. The molecule has 0 fully saturated rings. The van der Waals surface area contributed by atoms with Gasteiger partial charge in [-0.1, -0.05) is 11.6 Å². The van der Waals surface area contributed by atoms with Gasteiger partial charge in [0, 0.05) is 18.9 Å². The summed E-state index contributed by atoms with van der Waals surface area (Å²) in [5, 5.41) is 4.83. The second-order valence-corrected chi connectivity index (χ2v) is 4.27. The summed E-state index contributed by atoms with van der Waals surface area (Å²) in [6.07, 6.45) is 4.61. The average molecular weight is 265 g/mol. The maximum absolute atomic E-state index is 12.1. The van der Waals surface area contributed by atoms with Crippen LogP contribution in [0.2, 0.25) is 5.02 Å². The van der Waals surface area contributed by atoms with Gasteiger partial charge in [-0.05, 0) is 13.8 Å². The van der Waals surface area contributed by atoms with E-state index >= 15 is 0 Å². The fourth-order valence-corrected chi connectivity index (χ4v) is 1.94. The van der Waals surface area contributed by atoms with Crippen molar-refractivity contribution < 1.29 is 4.79 Å².